The number of nitrogens with two attached hydrogens (primary N) is 1. The molecule has 4 nitrogen and oxygen atoms in total. The molecule has 0 bridgehead atoms. The molecule has 15 heavy (non-hydrogen) atoms. The maximum absolute atomic E-state index is 5.48. The maximum atomic E-state index is 5.48. The van der Waals surface area contributed by atoms with Crippen molar-refractivity contribution in [1.29, 1.82) is 0 Å². The Balaban J connectivity index is 2.07. The predicted molar refractivity (Wildman–Crippen MR) is 64.1 cm³/mol. The van der Waals surface area contributed by atoms with E-state index in [-0.39, 0.29) is 0 Å². The van der Waals surface area contributed by atoms with Crippen molar-refractivity contribution in [3.05, 3.63) is 17.8 Å². The molecule has 2 rings (SSSR count). The van der Waals surface area contributed by atoms with Crippen molar-refractivity contribution in [2.24, 2.45) is 5.73 Å². The fraction of sp³-hybridized carbons (Fsp3) is 0.600. The first-order valence-corrected chi connectivity index (χ1v) is 6.23. The molecule has 0 aromatic carbocycles. The van der Waals surface area contributed by atoms with Gasteiger partial charge in [0.05, 0.1) is 5.69 Å². The summed E-state index contributed by atoms with van der Waals surface area (Å²) in [6, 6.07) is 3.96. The summed E-state index contributed by atoms with van der Waals surface area (Å²) >= 11 is 2.01. The zero-order valence-corrected chi connectivity index (χ0v) is 9.70. The Morgan fingerprint density at radius 3 is 3.00 bits per heavy atom. The smallest absolute Gasteiger partial charge is 0.151 e. The van der Waals surface area contributed by atoms with Gasteiger partial charge in [0.15, 0.2) is 5.82 Å². The Labute approximate surface area is 94.2 Å². The summed E-state index contributed by atoms with van der Waals surface area (Å²) in [6.45, 7) is 4.82. The van der Waals surface area contributed by atoms with E-state index in [1.807, 2.05) is 23.9 Å². The number of nitrogens with zero attached hydrogens (tertiary/aromatic N) is 3. The lowest BCUT2D eigenvalue weighted by atomic mass is 10.3. The lowest BCUT2D eigenvalue weighted by molar-refractivity contribution is 0.752. The van der Waals surface area contributed by atoms with Crippen LogP contribution in [0.25, 0.3) is 0 Å². The highest BCUT2D eigenvalue weighted by Gasteiger charge is 2.17. The quantitative estimate of drug-likeness (QED) is 0.808. The van der Waals surface area contributed by atoms with Crippen LogP contribution in [-0.2, 0) is 6.54 Å². The van der Waals surface area contributed by atoms with Crippen LogP contribution in [-0.4, -0.2) is 34.3 Å². The van der Waals surface area contributed by atoms with Gasteiger partial charge in [-0.3, -0.25) is 0 Å². The second-order valence-electron chi connectivity index (χ2n) is 3.71. The van der Waals surface area contributed by atoms with Gasteiger partial charge in [-0.15, -0.1) is 5.10 Å². The van der Waals surface area contributed by atoms with Gasteiger partial charge >= 0.3 is 0 Å². The monoisotopic (exact) mass is 224 g/mol. The van der Waals surface area contributed by atoms with Gasteiger partial charge in [-0.25, -0.2) is 0 Å². The summed E-state index contributed by atoms with van der Waals surface area (Å²) in [5.41, 5.74) is 6.33. The molecule has 1 aliphatic heterocycles. The highest BCUT2D eigenvalue weighted by atomic mass is 32.2. The van der Waals surface area contributed by atoms with Crippen LogP contribution in [0.5, 0.6) is 0 Å². The predicted octanol–water partition coefficient (Wildman–Crippen LogP) is 0.877. The molecular weight excluding hydrogens is 208 g/mol. The summed E-state index contributed by atoms with van der Waals surface area (Å²) in [7, 11) is 0. The molecule has 82 valence electrons. The third-order valence-electron chi connectivity index (χ3n) is 2.48. The summed E-state index contributed by atoms with van der Waals surface area (Å²) in [6.07, 6.45) is 0. The minimum absolute atomic E-state index is 0.458. The Bertz CT molecular complexity index is 314. The fourth-order valence-corrected chi connectivity index (χ4v) is 2.67. The molecule has 5 heteroatoms. The molecule has 0 radical (unpaired) electrons. The van der Waals surface area contributed by atoms with E-state index in [2.05, 4.69) is 22.0 Å². The van der Waals surface area contributed by atoms with E-state index in [9.17, 15) is 0 Å². The molecule has 1 saturated heterocycles. The Morgan fingerprint density at radius 2 is 2.40 bits per heavy atom. The van der Waals surface area contributed by atoms with Gasteiger partial charge < -0.3 is 10.6 Å². The van der Waals surface area contributed by atoms with E-state index in [1.165, 1.54) is 5.75 Å². The number of aromatic nitrogens is 2. The van der Waals surface area contributed by atoms with Crippen molar-refractivity contribution in [3.8, 4) is 0 Å². The zero-order valence-electron chi connectivity index (χ0n) is 8.89. The molecule has 1 aromatic heterocycles. The van der Waals surface area contributed by atoms with Crippen molar-refractivity contribution in [3.63, 3.8) is 0 Å². The number of hydrogen-bond donors (Lipinski definition) is 1. The van der Waals surface area contributed by atoms with Gasteiger partial charge in [0.25, 0.3) is 0 Å². The second kappa shape index (κ2) is 4.81. The van der Waals surface area contributed by atoms with Gasteiger partial charge in [-0.05, 0) is 12.1 Å². The average molecular weight is 224 g/mol. The van der Waals surface area contributed by atoms with Gasteiger partial charge in [0.1, 0.15) is 0 Å². The largest absolute Gasteiger partial charge is 0.353 e. The Morgan fingerprint density at radius 1 is 1.53 bits per heavy atom. The molecule has 1 aromatic rings. The van der Waals surface area contributed by atoms with E-state index in [1.54, 1.807) is 0 Å². The maximum Gasteiger partial charge on any atom is 0.151 e. The molecule has 0 amide bonds. The minimum atomic E-state index is 0.458. The molecule has 0 saturated carbocycles. The first-order valence-electron chi connectivity index (χ1n) is 5.19. The summed E-state index contributed by atoms with van der Waals surface area (Å²) in [5, 5.41) is 8.94. The van der Waals surface area contributed by atoms with Crippen molar-refractivity contribution in [2.75, 3.05) is 23.7 Å². The van der Waals surface area contributed by atoms with Gasteiger partial charge in [0.2, 0.25) is 0 Å². The third-order valence-corrected chi connectivity index (χ3v) is 3.62. The van der Waals surface area contributed by atoms with Crippen molar-refractivity contribution in [1.82, 2.24) is 10.2 Å². The molecule has 1 atom stereocenters. The normalized spacial score (nSPS) is 21.7. The number of hydrogen-bond acceptors (Lipinski definition) is 5. The van der Waals surface area contributed by atoms with Crippen LogP contribution < -0.4 is 10.6 Å². The van der Waals surface area contributed by atoms with Crippen LogP contribution in [0.2, 0.25) is 0 Å². The van der Waals surface area contributed by atoms with E-state index in [0.717, 1.165) is 24.6 Å². The second-order valence-corrected chi connectivity index (χ2v) is 5.26. The highest BCUT2D eigenvalue weighted by Crippen LogP contribution is 2.21. The third kappa shape index (κ3) is 2.60. The van der Waals surface area contributed by atoms with Crippen LogP contribution in [0.1, 0.15) is 12.6 Å². The number of rotatable bonds is 2. The van der Waals surface area contributed by atoms with E-state index >= 15 is 0 Å². The molecule has 1 fully saturated rings. The van der Waals surface area contributed by atoms with Crippen LogP contribution >= 0.6 is 11.8 Å². The van der Waals surface area contributed by atoms with Crippen LogP contribution in [0, 0.1) is 0 Å². The highest BCUT2D eigenvalue weighted by molar-refractivity contribution is 8.00. The van der Waals surface area contributed by atoms with Gasteiger partial charge in [-0.2, -0.15) is 16.9 Å². The molecule has 1 unspecified atom stereocenters. The molecular formula is C10H16N4S. The van der Waals surface area contributed by atoms with E-state index in [0.29, 0.717) is 11.8 Å². The summed E-state index contributed by atoms with van der Waals surface area (Å²) in [4.78, 5) is 2.29. The average Bonchev–Trinajstić information content (AvgIpc) is 2.29. The lowest BCUT2D eigenvalue weighted by Crippen LogP contribution is -2.37. The minimum Gasteiger partial charge on any atom is -0.353 e. The fourth-order valence-electron chi connectivity index (χ4n) is 1.66. The van der Waals surface area contributed by atoms with Crippen molar-refractivity contribution >= 4 is 17.6 Å². The Hall–Kier alpha value is -0.810. The topological polar surface area (TPSA) is 55.0 Å². The van der Waals surface area contributed by atoms with Crippen LogP contribution in [0.4, 0.5) is 5.82 Å². The van der Waals surface area contributed by atoms with Gasteiger partial charge in [0, 0.05) is 30.6 Å². The van der Waals surface area contributed by atoms with E-state index in [4.69, 9.17) is 5.73 Å². The first-order chi connectivity index (χ1) is 7.29. The lowest BCUT2D eigenvalue weighted by Gasteiger charge is -2.31. The SMILES string of the molecule is CC1CN(c2ccc(CN)nn2)CCS1. The molecule has 1 aliphatic rings. The Kier molecular flexibility index (Phi) is 3.43. The van der Waals surface area contributed by atoms with Crippen LogP contribution in [0.15, 0.2) is 12.1 Å². The summed E-state index contributed by atoms with van der Waals surface area (Å²) in [5.74, 6) is 2.14. The van der Waals surface area contributed by atoms with Crippen LogP contribution in [0.3, 0.4) is 0 Å². The first kappa shape index (κ1) is 10.7. The van der Waals surface area contributed by atoms with E-state index < -0.39 is 0 Å². The van der Waals surface area contributed by atoms with Crippen molar-refractivity contribution < 1.29 is 0 Å². The summed E-state index contributed by atoms with van der Waals surface area (Å²) < 4.78 is 0. The molecule has 0 spiro atoms. The van der Waals surface area contributed by atoms with Gasteiger partial charge in [-0.1, -0.05) is 6.92 Å². The standard InChI is InChI=1S/C10H16N4S/c1-8-7-14(4-5-15-8)10-3-2-9(6-11)12-13-10/h2-3,8H,4-7,11H2,1H3. The molecule has 2 N–H and O–H groups in total. The zero-order chi connectivity index (χ0) is 10.7. The number of anilines is 1. The molecule has 0 aliphatic carbocycles. The number of thioether (sulfide) groups is 1. The van der Waals surface area contributed by atoms with Crippen molar-refractivity contribution in [2.45, 2.75) is 18.7 Å². The molecule has 2 heterocycles.